The molecule has 0 rings (SSSR count). The SMILES string of the molecule is CCCCCCOC(=O)C(CC(=O)OCC)S(=O)(=O)O.[H-].[K+]. The van der Waals surface area contributed by atoms with Gasteiger partial charge in [-0.25, -0.2) is 0 Å². The van der Waals surface area contributed by atoms with Crippen LogP contribution in [0.1, 0.15) is 47.4 Å². The second kappa shape index (κ2) is 13.0. The van der Waals surface area contributed by atoms with Crippen LogP contribution in [0.25, 0.3) is 0 Å². The third kappa shape index (κ3) is 11.7. The summed E-state index contributed by atoms with van der Waals surface area (Å²) in [6.45, 7) is 3.70. The summed E-state index contributed by atoms with van der Waals surface area (Å²) in [6, 6.07) is 0. The molecule has 1 unspecified atom stereocenters. The summed E-state index contributed by atoms with van der Waals surface area (Å²) in [5.41, 5.74) is 0. The van der Waals surface area contributed by atoms with Crippen molar-refractivity contribution in [1.29, 1.82) is 0 Å². The van der Waals surface area contributed by atoms with Crippen molar-refractivity contribution < 1.29 is 84.8 Å². The van der Waals surface area contributed by atoms with Crippen LogP contribution in [-0.4, -0.2) is 43.4 Å². The van der Waals surface area contributed by atoms with Crippen LogP contribution in [0.2, 0.25) is 0 Å². The Morgan fingerprint density at radius 1 is 1.14 bits per heavy atom. The molecule has 0 aromatic rings. The van der Waals surface area contributed by atoms with E-state index in [1.165, 1.54) is 0 Å². The Morgan fingerprint density at radius 2 is 1.76 bits per heavy atom. The standard InChI is InChI=1S/C12H22O7S.K.H/c1-3-5-6-7-8-19-12(14)10(20(15,16)17)9-11(13)18-4-2;;/h10H,3-9H2,1-2H3,(H,15,16,17);;/q;+1;-1. The van der Waals surface area contributed by atoms with Crippen molar-refractivity contribution in [3.63, 3.8) is 0 Å². The molecule has 0 radical (unpaired) electrons. The first kappa shape index (κ1) is 23.7. The summed E-state index contributed by atoms with van der Waals surface area (Å²) in [5.74, 6) is -2.00. The zero-order chi connectivity index (χ0) is 15.6. The Balaban J connectivity index is -0.00000180. The van der Waals surface area contributed by atoms with Crippen LogP contribution in [0.3, 0.4) is 0 Å². The zero-order valence-electron chi connectivity index (χ0n) is 13.8. The average Bonchev–Trinajstić information content (AvgIpc) is 2.34. The second-order valence-electron chi connectivity index (χ2n) is 4.24. The Hall–Kier alpha value is 0.486. The van der Waals surface area contributed by atoms with E-state index in [2.05, 4.69) is 4.74 Å². The van der Waals surface area contributed by atoms with Gasteiger partial charge in [0.1, 0.15) is 0 Å². The van der Waals surface area contributed by atoms with Gasteiger partial charge in [-0.1, -0.05) is 26.2 Å². The van der Waals surface area contributed by atoms with Gasteiger partial charge in [-0.15, -0.1) is 0 Å². The minimum Gasteiger partial charge on any atom is -1.00 e. The molecule has 1 N–H and O–H groups in total. The molecule has 0 aromatic carbocycles. The monoisotopic (exact) mass is 350 g/mol. The average molecular weight is 350 g/mol. The minimum atomic E-state index is -4.70. The molecule has 0 aliphatic carbocycles. The Morgan fingerprint density at radius 3 is 2.24 bits per heavy atom. The molecular formula is C12H23KO7S. The molecule has 0 amide bonds. The number of carbonyl (C=O) groups excluding carboxylic acids is 2. The molecule has 7 nitrogen and oxygen atoms in total. The van der Waals surface area contributed by atoms with Crippen molar-refractivity contribution in [2.45, 2.75) is 51.2 Å². The number of hydrogen-bond acceptors (Lipinski definition) is 6. The molecule has 0 heterocycles. The molecule has 0 bridgehead atoms. The van der Waals surface area contributed by atoms with Gasteiger partial charge in [0.15, 0.2) is 5.25 Å². The normalized spacial score (nSPS) is 12.1. The molecule has 0 spiro atoms. The van der Waals surface area contributed by atoms with Gasteiger partial charge in [0.2, 0.25) is 0 Å². The smallest absolute Gasteiger partial charge is 1.00 e. The Bertz CT molecular complexity index is 414. The van der Waals surface area contributed by atoms with Gasteiger partial charge in [0.25, 0.3) is 10.1 Å². The first-order valence-electron chi connectivity index (χ1n) is 6.61. The summed E-state index contributed by atoms with van der Waals surface area (Å²) < 4.78 is 40.5. The van der Waals surface area contributed by atoms with Crippen LogP contribution in [0, 0.1) is 0 Å². The molecule has 0 fully saturated rings. The number of unbranched alkanes of at least 4 members (excludes halogenated alkanes) is 3. The molecule has 1 atom stereocenters. The van der Waals surface area contributed by atoms with Gasteiger partial charge in [0, 0.05) is 0 Å². The van der Waals surface area contributed by atoms with Crippen LogP contribution in [0.4, 0.5) is 0 Å². The van der Waals surface area contributed by atoms with Gasteiger partial charge in [-0.05, 0) is 13.3 Å². The number of esters is 2. The number of rotatable bonds is 10. The minimum absolute atomic E-state index is 0. The molecule has 9 heteroatoms. The van der Waals surface area contributed by atoms with Crippen LogP contribution in [0.15, 0.2) is 0 Å². The van der Waals surface area contributed by atoms with Crippen LogP contribution < -0.4 is 51.4 Å². The molecule has 0 saturated carbocycles. The first-order valence-corrected chi connectivity index (χ1v) is 8.11. The third-order valence-electron chi connectivity index (χ3n) is 2.52. The van der Waals surface area contributed by atoms with Crippen molar-refractivity contribution in [3.8, 4) is 0 Å². The molecule has 0 aromatic heterocycles. The van der Waals surface area contributed by atoms with Crippen molar-refractivity contribution in [1.82, 2.24) is 0 Å². The van der Waals surface area contributed by atoms with Crippen LogP contribution >= 0.6 is 0 Å². The molecule has 120 valence electrons. The summed E-state index contributed by atoms with van der Waals surface area (Å²) in [4.78, 5) is 22.8. The van der Waals surface area contributed by atoms with E-state index in [0.29, 0.717) is 6.42 Å². The van der Waals surface area contributed by atoms with Crippen molar-refractivity contribution in [2.75, 3.05) is 13.2 Å². The molecule has 21 heavy (non-hydrogen) atoms. The predicted octanol–water partition coefficient (Wildman–Crippen LogP) is -1.56. The van der Waals surface area contributed by atoms with E-state index in [-0.39, 0.29) is 66.0 Å². The quantitative estimate of drug-likeness (QED) is 0.220. The van der Waals surface area contributed by atoms with Gasteiger partial charge in [0.05, 0.1) is 19.6 Å². The molecule has 0 saturated heterocycles. The van der Waals surface area contributed by atoms with Gasteiger partial charge in [-0.3, -0.25) is 14.1 Å². The molecular weight excluding hydrogens is 327 g/mol. The number of ether oxygens (including phenoxy) is 2. The first-order chi connectivity index (χ1) is 9.32. The van der Waals surface area contributed by atoms with E-state index >= 15 is 0 Å². The fourth-order valence-electron chi connectivity index (χ4n) is 1.48. The van der Waals surface area contributed by atoms with E-state index in [9.17, 15) is 18.0 Å². The van der Waals surface area contributed by atoms with Crippen LogP contribution in [-0.2, 0) is 29.2 Å². The van der Waals surface area contributed by atoms with E-state index in [1.54, 1.807) is 6.92 Å². The molecule has 0 aliphatic rings. The topological polar surface area (TPSA) is 107 Å². The number of hydrogen-bond donors (Lipinski definition) is 1. The van der Waals surface area contributed by atoms with Gasteiger partial charge >= 0.3 is 63.3 Å². The predicted molar refractivity (Wildman–Crippen MR) is 72.8 cm³/mol. The third-order valence-corrected chi connectivity index (χ3v) is 3.60. The summed E-state index contributed by atoms with van der Waals surface area (Å²) in [5, 5.41) is -1.92. The largest absolute Gasteiger partial charge is 1.00 e. The Kier molecular flexibility index (Phi) is 14.7. The van der Waals surface area contributed by atoms with E-state index in [0.717, 1.165) is 19.3 Å². The van der Waals surface area contributed by atoms with Gasteiger partial charge < -0.3 is 10.9 Å². The Labute approximate surface area is 169 Å². The maximum atomic E-state index is 11.6. The van der Waals surface area contributed by atoms with E-state index in [1.807, 2.05) is 6.92 Å². The van der Waals surface area contributed by atoms with E-state index in [4.69, 9.17) is 9.29 Å². The summed E-state index contributed by atoms with van der Waals surface area (Å²) in [7, 11) is -4.70. The maximum Gasteiger partial charge on any atom is 1.00 e. The second-order valence-corrected chi connectivity index (χ2v) is 5.84. The van der Waals surface area contributed by atoms with Crippen molar-refractivity contribution >= 4 is 22.1 Å². The summed E-state index contributed by atoms with van der Waals surface area (Å²) in [6.07, 6.45) is 2.72. The molecule has 0 aliphatic heterocycles. The number of carbonyl (C=O) groups is 2. The zero-order valence-corrected chi connectivity index (χ0v) is 16.8. The fourth-order valence-corrected chi connectivity index (χ4v) is 2.13. The fraction of sp³-hybridized carbons (Fsp3) is 0.833. The summed E-state index contributed by atoms with van der Waals surface area (Å²) >= 11 is 0. The van der Waals surface area contributed by atoms with E-state index < -0.39 is 33.7 Å². The van der Waals surface area contributed by atoms with Gasteiger partial charge in [-0.2, -0.15) is 8.42 Å². The van der Waals surface area contributed by atoms with Crippen LogP contribution in [0.5, 0.6) is 0 Å². The van der Waals surface area contributed by atoms with Crippen molar-refractivity contribution in [2.24, 2.45) is 0 Å². The maximum absolute atomic E-state index is 11.6. The van der Waals surface area contributed by atoms with Crippen molar-refractivity contribution in [3.05, 3.63) is 0 Å².